The Bertz CT molecular complexity index is 689. The van der Waals surface area contributed by atoms with E-state index < -0.39 is 11.6 Å². The van der Waals surface area contributed by atoms with Gasteiger partial charge in [-0.1, -0.05) is 48.5 Å². The Labute approximate surface area is 135 Å². The minimum atomic E-state index is -0.983. The third kappa shape index (κ3) is 2.93. The molecule has 23 heavy (non-hydrogen) atoms. The summed E-state index contributed by atoms with van der Waals surface area (Å²) in [5.41, 5.74) is 0.659. The van der Waals surface area contributed by atoms with E-state index in [4.69, 9.17) is 0 Å². The summed E-state index contributed by atoms with van der Waals surface area (Å²) in [5, 5.41) is 9.71. The number of benzene rings is 2. The first-order chi connectivity index (χ1) is 11.1. The van der Waals surface area contributed by atoms with Gasteiger partial charge in [0.05, 0.1) is 5.54 Å². The van der Waals surface area contributed by atoms with Gasteiger partial charge in [0, 0.05) is 18.5 Å². The largest absolute Gasteiger partial charge is 0.465 e. The van der Waals surface area contributed by atoms with E-state index in [-0.39, 0.29) is 5.82 Å². The Balaban J connectivity index is 2.12. The first-order valence-corrected chi connectivity index (χ1v) is 7.93. The third-order valence-electron chi connectivity index (χ3n) is 4.68. The van der Waals surface area contributed by atoms with E-state index in [1.807, 2.05) is 30.3 Å². The van der Waals surface area contributed by atoms with Gasteiger partial charge < -0.3 is 5.11 Å². The number of amides is 1. The van der Waals surface area contributed by atoms with Crippen molar-refractivity contribution >= 4 is 6.09 Å². The topological polar surface area (TPSA) is 40.5 Å². The van der Waals surface area contributed by atoms with E-state index in [9.17, 15) is 14.3 Å². The molecule has 120 valence electrons. The second-order valence-corrected chi connectivity index (χ2v) is 6.07. The third-order valence-corrected chi connectivity index (χ3v) is 4.68. The predicted molar refractivity (Wildman–Crippen MR) is 86.8 cm³/mol. The lowest BCUT2D eigenvalue weighted by molar-refractivity contribution is 0.0422. The zero-order valence-corrected chi connectivity index (χ0v) is 12.9. The van der Waals surface area contributed by atoms with E-state index in [2.05, 4.69) is 0 Å². The van der Waals surface area contributed by atoms with Gasteiger partial charge in [-0.3, -0.25) is 4.90 Å². The highest BCUT2D eigenvalue weighted by Crippen LogP contribution is 2.41. The second kappa shape index (κ2) is 6.41. The molecule has 1 atom stereocenters. The summed E-state index contributed by atoms with van der Waals surface area (Å²) in [7, 11) is 0. The molecule has 1 fully saturated rings. The molecule has 1 aliphatic heterocycles. The van der Waals surface area contributed by atoms with Crippen LogP contribution in [0.2, 0.25) is 0 Å². The number of hydrogen-bond acceptors (Lipinski definition) is 1. The molecule has 0 bridgehead atoms. The Morgan fingerprint density at radius 1 is 1.09 bits per heavy atom. The van der Waals surface area contributed by atoms with Gasteiger partial charge in [-0.15, -0.1) is 0 Å². The summed E-state index contributed by atoms with van der Waals surface area (Å²) in [4.78, 5) is 13.3. The van der Waals surface area contributed by atoms with Gasteiger partial charge in [-0.25, -0.2) is 9.18 Å². The molecule has 1 amide bonds. The van der Waals surface area contributed by atoms with Crippen LogP contribution in [0, 0.1) is 5.82 Å². The molecule has 0 aliphatic carbocycles. The van der Waals surface area contributed by atoms with Gasteiger partial charge in [0.25, 0.3) is 0 Å². The van der Waals surface area contributed by atoms with E-state index in [0.717, 1.165) is 18.4 Å². The van der Waals surface area contributed by atoms with Gasteiger partial charge in [0.2, 0.25) is 0 Å². The molecule has 2 aromatic carbocycles. The molecule has 0 radical (unpaired) electrons. The monoisotopic (exact) mass is 313 g/mol. The van der Waals surface area contributed by atoms with Crippen molar-refractivity contribution in [3.05, 3.63) is 71.5 Å². The Morgan fingerprint density at radius 3 is 2.48 bits per heavy atom. The second-order valence-electron chi connectivity index (χ2n) is 6.07. The molecule has 3 rings (SSSR count). The average Bonchev–Trinajstić information content (AvgIpc) is 2.56. The fraction of sp³-hybridized carbons (Fsp3) is 0.316. The molecule has 4 heteroatoms. The van der Waals surface area contributed by atoms with E-state index in [1.54, 1.807) is 18.2 Å². The van der Waals surface area contributed by atoms with Crippen molar-refractivity contribution in [1.29, 1.82) is 0 Å². The molecular weight excluding hydrogens is 293 g/mol. The van der Waals surface area contributed by atoms with Crippen molar-refractivity contribution in [1.82, 2.24) is 4.90 Å². The van der Waals surface area contributed by atoms with Crippen LogP contribution in [0.5, 0.6) is 0 Å². The van der Waals surface area contributed by atoms with Crippen molar-refractivity contribution in [2.45, 2.75) is 31.2 Å². The number of hydrogen-bond donors (Lipinski definition) is 1. The highest BCUT2D eigenvalue weighted by atomic mass is 19.1. The van der Waals surface area contributed by atoms with Gasteiger partial charge in [0.15, 0.2) is 0 Å². The maximum Gasteiger partial charge on any atom is 0.408 e. The van der Waals surface area contributed by atoms with Crippen LogP contribution >= 0.6 is 0 Å². The molecular formula is C19H20FNO2. The summed E-state index contributed by atoms with van der Waals surface area (Å²) in [6.07, 6.45) is 1.85. The van der Waals surface area contributed by atoms with Gasteiger partial charge in [-0.05, 0) is 30.9 Å². The van der Waals surface area contributed by atoms with Gasteiger partial charge in [0.1, 0.15) is 5.82 Å². The number of likely N-dealkylation sites (tertiary alicyclic amines) is 1. The lowest BCUT2D eigenvalue weighted by atomic mass is 9.76. The van der Waals surface area contributed by atoms with Gasteiger partial charge in [-0.2, -0.15) is 0 Å². The van der Waals surface area contributed by atoms with Crippen LogP contribution in [0.1, 0.15) is 30.4 Å². The number of piperidine rings is 1. The van der Waals surface area contributed by atoms with Crippen molar-refractivity contribution in [3.8, 4) is 0 Å². The van der Waals surface area contributed by atoms with Crippen LogP contribution in [0.4, 0.5) is 9.18 Å². The molecule has 0 spiro atoms. The highest BCUT2D eigenvalue weighted by molar-refractivity contribution is 5.67. The van der Waals surface area contributed by atoms with Crippen LogP contribution in [0.25, 0.3) is 0 Å². The number of rotatable bonds is 3. The SMILES string of the molecule is O=C(O)N1CCCCC1(Cc1ccccc1)c1ccccc1F. The molecule has 1 unspecified atom stereocenters. The maximum absolute atomic E-state index is 14.5. The summed E-state index contributed by atoms with van der Waals surface area (Å²) in [5.74, 6) is -0.336. The normalized spacial score (nSPS) is 21.2. The summed E-state index contributed by atoms with van der Waals surface area (Å²) in [6, 6.07) is 16.3. The van der Waals surface area contributed by atoms with E-state index in [1.165, 1.54) is 11.0 Å². The summed E-state index contributed by atoms with van der Waals surface area (Å²) in [6.45, 7) is 0.441. The number of nitrogens with zero attached hydrogens (tertiary/aromatic N) is 1. The summed E-state index contributed by atoms with van der Waals surface area (Å²) < 4.78 is 14.5. The fourth-order valence-electron chi connectivity index (χ4n) is 3.65. The smallest absolute Gasteiger partial charge is 0.408 e. The highest BCUT2D eigenvalue weighted by Gasteiger charge is 2.44. The standard InChI is InChI=1S/C19H20FNO2/c20-17-11-5-4-10-16(17)19(14-15-8-2-1-3-9-15)12-6-7-13-21(19)18(22)23/h1-5,8-11H,6-7,12-14H2,(H,22,23). The Morgan fingerprint density at radius 2 is 1.78 bits per heavy atom. The van der Waals surface area contributed by atoms with Crippen LogP contribution in [0.15, 0.2) is 54.6 Å². The zero-order chi connectivity index (χ0) is 16.3. The quantitative estimate of drug-likeness (QED) is 0.911. The first kappa shape index (κ1) is 15.5. The molecule has 0 aromatic heterocycles. The van der Waals surface area contributed by atoms with E-state index >= 15 is 0 Å². The fourth-order valence-corrected chi connectivity index (χ4v) is 3.65. The van der Waals surface area contributed by atoms with Crippen LogP contribution < -0.4 is 0 Å². The lowest BCUT2D eigenvalue weighted by Crippen LogP contribution is -2.53. The van der Waals surface area contributed by atoms with Crippen LogP contribution in [-0.4, -0.2) is 22.6 Å². The summed E-state index contributed by atoms with van der Waals surface area (Å²) >= 11 is 0. The molecule has 1 aliphatic rings. The van der Waals surface area contributed by atoms with Crippen molar-refractivity contribution < 1.29 is 14.3 Å². The Hall–Kier alpha value is -2.36. The molecule has 0 saturated carbocycles. The predicted octanol–water partition coefficient (Wildman–Crippen LogP) is 4.43. The minimum absolute atomic E-state index is 0.336. The van der Waals surface area contributed by atoms with Crippen LogP contribution in [-0.2, 0) is 12.0 Å². The molecule has 1 N–H and O–H groups in total. The molecule has 3 nitrogen and oxygen atoms in total. The molecule has 2 aromatic rings. The van der Waals surface area contributed by atoms with Crippen molar-refractivity contribution in [3.63, 3.8) is 0 Å². The number of carbonyl (C=O) groups is 1. The van der Waals surface area contributed by atoms with Crippen molar-refractivity contribution in [2.24, 2.45) is 0 Å². The first-order valence-electron chi connectivity index (χ1n) is 7.93. The van der Waals surface area contributed by atoms with E-state index in [0.29, 0.717) is 24.9 Å². The minimum Gasteiger partial charge on any atom is -0.465 e. The lowest BCUT2D eigenvalue weighted by Gasteiger charge is -2.46. The Kier molecular flexibility index (Phi) is 4.33. The maximum atomic E-state index is 14.5. The van der Waals surface area contributed by atoms with Crippen molar-refractivity contribution in [2.75, 3.05) is 6.54 Å². The number of halogens is 1. The van der Waals surface area contributed by atoms with Gasteiger partial charge >= 0.3 is 6.09 Å². The molecule has 1 heterocycles. The number of carboxylic acid groups (broad SMARTS) is 1. The van der Waals surface area contributed by atoms with Crippen LogP contribution in [0.3, 0.4) is 0 Å². The average molecular weight is 313 g/mol. The molecule has 1 saturated heterocycles. The zero-order valence-electron chi connectivity index (χ0n) is 12.9.